The first-order valence-electron chi connectivity index (χ1n) is 6.12. The van der Waals surface area contributed by atoms with Gasteiger partial charge in [0, 0.05) is 24.8 Å². The molecule has 0 aliphatic carbocycles. The third kappa shape index (κ3) is 2.19. The predicted molar refractivity (Wildman–Crippen MR) is 76.2 cm³/mol. The Morgan fingerprint density at radius 3 is 1.55 bits per heavy atom. The van der Waals surface area contributed by atoms with Gasteiger partial charge in [-0.15, -0.1) is 0 Å². The quantitative estimate of drug-likeness (QED) is 0.745. The fraction of sp³-hybridized carbons (Fsp3) is 0. The number of benzene rings is 1. The summed E-state index contributed by atoms with van der Waals surface area (Å²) in [5.74, 6) is 0.0611. The largest absolute Gasteiger partial charge is 0.507 e. The van der Waals surface area contributed by atoms with E-state index in [0.29, 0.717) is 5.56 Å². The third-order valence-electron chi connectivity index (χ3n) is 3.08. The highest BCUT2D eigenvalue weighted by Crippen LogP contribution is 2.40. The summed E-state index contributed by atoms with van der Waals surface area (Å²) in [5, 5.41) is 20.4. The van der Waals surface area contributed by atoms with Crippen LogP contribution in [0, 0.1) is 0 Å². The summed E-state index contributed by atoms with van der Waals surface area (Å²) in [7, 11) is 0. The van der Waals surface area contributed by atoms with Crippen LogP contribution >= 0.6 is 0 Å². The molecule has 1 aromatic carbocycles. The van der Waals surface area contributed by atoms with Gasteiger partial charge in [-0.05, 0) is 53.1 Å². The monoisotopic (exact) mass is 264 g/mol. The summed E-state index contributed by atoms with van der Waals surface area (Å²) in [5.41, 5.74) is 2.74. The molecule has 4 nitrogen and oxygen atoms in total. The lowest BCUT2D eigenvalue weighted by molar-refractivity contribution is 0.454. The summed E-state index contributed by atoms with van der Waals surface area (Å²) in [6.07, 6.45) is 6.57. The second-order valence-electron chi connectivity index (χ2n) is 4.36. The molecule has 20 heavy (non-hydrogen) atoms. The van der Waals surface area contributed by atoms with Gasteiger partial charge in [0.15, 0.2) is 0 Å². The molecular weight excluding hydrogens is 252 g/mol. The fourth-order valence-electron chi connectivity index (χ4n) is 2.14. The Bertz CT molecular complexity index is 705. The van der Waals surface area contributed by atoms with E-state index < -0.39 is 0 Å². The molecular formula is C16H12N2O2. The van der Waals surface area contributed by atoms with Crippen molar-refractivity contribution in [3.8, 4) is 33.8 Å². The lowest BCUT2D eigenvalue weighted by Gasteiger charge is -2.10. The van der Waals surface area contributed by atoms with Gasteiger partial charge in [-0.2, -0.15) is 0 Å². The number of phenols is 2. The van der Waals surface area contributed by atoms with Crippen molar-refractivity contribution in [3.05, 3.63) is 61.2 Å². The van der Waals surface area contributed by atoms with E-state index >= 15 is 0 Å². The molecule has 0 fully saturated rings. The Balaban J connectivity index is 2.13. The van der Waals surface area contributed by atoms with Crippen LogP contribution in [0.4, 0.5) is 0 Å². The standard InChI is InChI=1S/C16H12N2O2/c19-14-9-13(11-1-5-17-6-2-11)10-15(20)16(14)12-3-7-18-8-4-12/h1-10,19-20H. The van der Waals surface area contributed by atoms with Gasteiger partial charge >= 0.3 is 0 Å². The molecule has 0 unspecified atom stereocenters. The number of hydrogen-bond acceptors (Lipinski definition) is 4. The Morgan fingerprint density at radius 2 is 1.05 bits per heavy atom. The average molecular weight is 264 g/mol. The minimum absolute atomic E-state index is 0.0306. The zero-order valence-electron chi connectivity index (χ0n) is 10.6. The second-order valence-corrected chi connectivity index (χ2v) is 4.36. The van der Waals surface area contributed by atoms with Crippen LogP contribution < -0.4 is 0 Å². The van der Waals surface area contributed by atoms with Gasteiger partial charge < -0.3 is 10.2 Å². The summed E-state index contributed by atoms with van der Waals surface area (Å²) < 4.78 is 0. The van der Waals surface area contributed by atoms with Crippen molar-refractivity contribution in [2.45, 2.75) is 0 Å². The normalized spacial score (nSPS) is 10.4. The maximum atomic E-state index is 10.2. The highest BCUT2D eigenvalue weighted by molar-refractivity contribution is 5.81. The lowest BCUT2D eigenvalue weighted by Crippen LogP contribution is -1.85. The first-order chi connectivity index (χ1) is 9.75. The van der Waals surface area contributed by atoms with E-state index in [0.717, 1.165) is 16.7 Å². The molecule has 0 atom stereocenters. The molecule has 3 aromatic rings. The zero-order chi connectivity index (χ0) is 13.9. The SMILES string of the molecule is Oc1cc(-c2ccncc2)cc(O)c1-c1ccncc1. The van der Waals surface area contributed by atoms with Crippen LogP contribution in [0.5, 0.6) is 11.5 Å². The highest BCUT2D eigenvalue weighted by atomic mass is 16.3. The third-order valence-corrected chi connectivity index (χ3v) is 3.08. The van der Waals surface area contributed by atoms with Crippen LogP contribution in [0.1, 0.15) is 0 Å². The topological polar surface area (TPSA) is 66.2 Å². The predicted octanol–water partition coefficient (Wildman–Crippen LogP) is 3.22. The Labute approximate surface area is 116 Å². The van der Waals surface area contributed by atoms with E-state index in [1.54, 1.807) is 49.1 Å². The van der Waals surface area contributed by atoms with Gasteiger partial charge in [-0.3, -0.25) is 9.97 Å². The van der Waals surface area contributed by atoms with E-state index in [-0.39, 0.29) is 11.5 Å². The molecule has 0 radical (unpaired) electrons. The van der Waals surface area contributed by atoms with Crippen molar-refractivity contribution in [3.63, 3.8) is 0 Å². The van der Waals surface area contributed by atoms with Crippen LogP contribution in [0.3, 0.4) is 0 Å². The van der Waals surface area contributed by atoms with Gasteiger partial charge in [0.05, 0.1) is 5.56 Å². The maximum Gasteiger partial charge on any atom is 0.127 e. The lowest BCUT2D eigenvalue weighted by atomic mass is 9.99. The summed E-state index contributed by atoms with van der Waals surface area (Å²) in [4.78, 5) is 7.87. The number of phenolic OH excluding ortho intramolecular Hbond substituents is 2. The molecule has 0 saturated heterocycles. The molecule has 0 amide bonds. The van der Waals surface area contributed by atoms with Crippen molar-refractivity contribution < 1.29 is 10.2 Å². The Morgan fingerprint density at radius 1 is 0.600 bits per heavy atom. The summed E-state index contributed by atoms with van der Waals surface area (Å²) in [6.45, 7) is 0. The van der Waals surface area contributed by atoms with E-state index in [1.807, 2.05) is 12.1 Å². The molecule has 0 saturated carbocycles. The molecule has 0 bridgehead atoms. The molecule has 2 heterocycles. The van der Waals surface area contributed by atoms with Crippen molar-refractivity contribution in [1.82, 2.24) is 9.97 Å². The number of rotatable bonds is 2. The molecule has 3 rings (SSSR count). The number of nitrogens with zero attached hydrogens (tertiary/aromatic N) is 2. The molecule has 0 spiro atoms. The average Bonchev–Trinajstić information content (AvgIpc) is 2.48. The number of aromatic nitrogens is 2. The van der Waals surface area contributed by atoms with Crippen LogP contribution in [0.2, 0.25) is 0 Å². The maximum absolute atomic E-state index is 10.2. The Kier molecular flexibility index (Phi) is 3.05. The van der Waals surface area contributed by atoms with Crippen LogP contribution in [-0.2, 0) is 0 Å². The molecule has 0 aliphatic heterocycles. The molecule has 4 heteroatoms. The van der Waals surface area contributed by atoms with E-state index in [9.17, 15) is 10.2 Å². The Hall–Kier alpha value is -2.88. The van der Waals surface area contributed by atoms with Crippen LogP contribution in [0.25, 0.3) is 22.3 Å². The fourth-order valence-corrected chi connectivity index (χ4v) is 2.14. The molecule has 2 N–H and O–H groups in total. The van der Waals surface area contributed by atoms with Crippen molar-refractivity contribution in [1.29, 1.82) is 0 Å². The van der Waals surface area contributed by atoms with Crippen molar-refractivity contribution >= 4 is 0 Å². The molecule has 98 valence electrons. The number of pyridine rings is 2. The van der Waals surface area contributed by atoms with Gasteiger partial charge in [0.25, 0.3) is 0 Å². The van der Waals surface area contributed by atoms with Gasteiger partial charge in [-0.1, -0.05) is 0 Å². The van der Waals surface area contributed by atoms with Gasteiger partial charge in [0.2, 0.25) is 0 Å². The zero-order valence-corrected chi connectivity index (χ0v) is 10.6. The highest BCUT2D eigenvalue weighted by Gasteiger charge is 2.12. The second kappa shape index (κ2) is 5.01. The minimum Gasteiger partial charge on any atom is -0.507 e. The van der Waals surface area contributed by atoms with E-state index in [2.05, 4.69) is 9.97 Å². The number of hydrogen-bond donors (Lipinski definition) is 2. The first kappa shape index (κ1) is 12.2. The van der Waals surface area contributed by atoms with Gasteiger partial charge in [0.1, 0.15) is 11.5 Å². The molecule has 2 aromatic heterocycles. The minimum atomic E-state index is 0.0306. The van der Waals surface area contributed by atoms with Crippen molar-refractivity contribution in [2.75, 3.05) is 0 Å². The van der Waals surface area contributed by atoms with Crippen LogP contribution in [0.15, 0.2) is 61.2 Å². The summed E-state index contributed by atoms with van der Waals surface area (Å²) in [6, 6.07) is 10.4. The van der Waals surface area contributed by atoms with E-state index in [1.165, 1.54) is 0 Å². The van der Waals surface area contributed by atoms with Gasteiger partial charge in [-0.25, -0.2) is 0 Å². The smallest absolute Gasteiger partial charge is 0.127 e. The van der Waals surface area contributed by atoms with Crippen molar-refractivity contribution in [2.24, 2.45) is 0 Å². The number of aromatic hydroxyl groups is 2. The van der Waals surface area contributed by atoms with Crippen LogP contribution in [-0.4, -0.2) is 20.2 Å². The molecule has 0 aliphatic rings. The summed E-state index contributed by atoms with van der Waals surface area (Å²) >= 11 is 0. The van der Waals surface area contributed by atoms with E-state index in [4.69, 9.17) is 0 Å². The first-order valence-corrected chi connectivity index (χ1v) is 6.12.